The first-order valence-corrected chi connectivity index (χ1v) is 11.0. The molecule has 5 rings (SSSR count). The van der Waals surface area contributed by atoms with E-state index >= 15 is 0 Å². The van der Waals surface area contributed by atoms with E-state index in [1.165, 1.54) is 4.90 Å². The second-order valence-electron chi connectivity index (χ2n) is 8.20. The summed E-state index contributed by atoms with van der Waals surface area (Å²) >= 11 is 0. The highest BCUT2D eigenvalue weighted by molar-refractivity contribution is 6.22. The molecule has 2 aliphatic heterocycles. The zero-order valence-electron chi connectivity index (χ0n) is 17.9. The number of anilines is 1. The van der Waals surface area contributed by atoms with Crippen molar-refractivity contribution in [3.05, 3.63) is 77.4 Å². The predicted molar refractivity (Wildman–Crippen MR) is 122 cm³/mol. The molecule has 3 amide bonds. The standard InChI is InChI=1S/C26H24N2O4/c1-2-27(20-11-9-17-6-3-4-7-18(17)14-20)24(29)19-10-12-22-23(15-19)26(31)28(25(22)30)16-21-8-5-13-32-21/h3-4,6-7,9-12,14-15,21H,2,5,8,13,16H2,1H3. The number of amides is 3. The lowest BCUT2D eigenvalue weighted by molar-refractivity contribution is 0.0475. The highest BCUT2D eigenvalue weighted by Gasteiger charge is 2.38. The van der Waals surface area contributed by atoms with E-state index in [9.17, 15) is 14.4 Å². The number of nitrogens with zero attached hydrogens (tertiary/aromatic N) is 2. The van der Waals surface area contributed by atoms with E-state index in [-0.39, 0.29) is 35.9 Å². The van der Waals surface area contributed by atoms with Crippen LogP contribution in [0.3, 0.4) is 0 Å². The molecule has 0 spiro atoms. The second-order valence-corrected chi connectivity index (χ2v) is 8.20. The number of imide groups is 1. The van der Waals surface area contributed by atoms with E-state index in [4.69, 9.17) is 4.74 Å². The number of carbonyl (C=O) groups excluding carboxylic acids is 3. The third-order valence-corrected chi connectivity index (χ3v) is 6.23. The lowest BCUT2D eigenvalue weighted by Gasteiger charge is -2.22. The fourth-order valence-electron chi connectivity index (χ4n) is 4.53. The SMILES string of the molecule is CCN(C(=O)c1ccc2c(c1)C(=O)N(CC1CCCO1)C2=O)c1ccc2ccccc2c1. The van der Waals surface area contributed by atoms with Gasteiger partial charge in [-0.25, -0.2) is 0 Å². The Kier molecular flexibility index (Phi) is 5.23. The van der Waals surface area contributed by atoms with Gasteiger partial charge in [-0.05, 0) is 60.9 Å². The summed E-state index contributed by atoms with van der Waals surface area (Å²) in [5.41, 5.74) is 1.81. The highest BCUT2D eigenvalue weighted by atomic mass is 16.5. The fourth-order valence-corrected chi connectivity index (χ4v) is 4.53. The van der Waals surface area contributed by atoms with Gasteiger partial charge in [-0.2, -0.15) is 0 Å². The Hall–Kier alpha value is -3.51. The maximum atomic E-state index is 13.4. The largest absolute Gasteiger partial charge is 0.376 e. The molecule has 0 N–H and O–H groups in total. The number of benzene rings is 3. The van der Waals surface area contributed by atoms with Crippen LogP contribution in [-0.2, 0) is 4.74 Å². The Labute approximate surface area is 186 Å². The van der Waals surface area contributed by atoms with Crippen LogP contribution >= 0.6 is 0 Å². The first-order valence-electron chi connectivity index (χ1n) is 11.0. The number of rotatable bonds is 5. The summed E-state index contributed by atoms with van der Waals surface area (Å²) in [7, 11) is 0. The van der Waals surface area contributed by atoms with Crippen LogP contribution in [0.15, 0.2) is 60.7 Å². The zero-order chi connectivity index (χ0) is 22.2. The molecule has 1 fully saturated rings. The normalized spacial score (nSPS) is 17.8. The van der Waals surface area contributed by atoms with Crippen molar-refractivity contribution >= 4 is 34.2 Å². The second kappa shape index (κ2) is 8.20. The summed E-state index contributed by atoms with van der Waals surface area (Å²) in [6.45, 7) is 3.31. The maximum Gasteiger partial charge on any atom is 0.261 e. The van der Waals surface area contributed by atoms with Crippen LogP contribution in [0.1, 0.15) is 50.8 Å². The molecule has 6 nitrogen and oxygen atoms in total. The molecule has 1 atom stereocenters. The summed E-state index contributed by atoms with van der Waals surface area (Å²) in [5.74, 6) is -0.881. The molecule has 0 saturated carbocycles. The zero-order valence-corrected chi connectivity index (χ0v) is 17.9. The van der Waals surface area contributed by atoms with Crippen molar-refractivity contribution in [2.75, 3.05) is 24.6 Å². The molecule has 3 aromatic rings. The first-order chi connectivity index (χ1) is 15.6. The van der Waals surface area contributed by atoms with E-state index in [1.54, 1.807) is 23.1 Å². The van der Waals surface area contributed by atoms with Crippen molar-refractivity contribution in [1.82, 2.24) is 4.90 Å². The number of carbonyl (C=O) groups is 3. The van der Waals surface area contributed by atoms with Crippen molar-refractivity contribution < 1.29 is 19.1 Å². The van der Waals surface area contributed by atoms with Crippen LogP contribution in [0.4, 0.5) is 5.69 Å². The van der Waals surface area contributed by atoms with E-state index in [1.807, 2.05) is 49.4 Å². The van der Waals surface area contributed by atoms with Gasteiger partial charge in [0.1, 0.15) is 0 Å². The van der Waals surface area contributed by atoms with Gasteiger partial charge in [0.25, 0.3) is 17.7 Å². The Morgan fingerprint density at radius 1 is 1.00 bits per heavy atom. The fraction of sp³-hybridized carbons (Fsp3) is 0.269. The van der Waals surface area contributed by atoms with Gasteiger partial charge >= 0.3 is 0 Å². The minimum absolute atomic E-state index is 0.109. The van der Waals surface area contributed by atoms with Crippen molar-refractivity contribution in [2.45, 2.75) is 25.9 Å². The smallest absolute Gasteiger partial charge is 0.261 e. The minimum atomic E-state index is -0.357. The summed E-state index contributed by atoms with van der Waals surface area (Å²) < 4.78 is 5.59. The van der Waals surface area contributed by atoms with E-state index in [2.05, 4.69) is 0 Å². The van der Waals surface area contributed by atoms with E-state index in [0.29, 0.717) is 24.3 Å². The topological polar surface area (TPSA) is 66.9 Å². The third-order valence-electron chi connectivity index (χ3n) is 6.23. The molecule has 0 bridgehead atoms. The molecule has 2 heterocycles. The van der Waals surface area contributed by atoms with Gasteiger partial charge in [0.2, 0.25) is 0 Å². The van der Waals surface area contributed by atoms with Gasteiger partial charge < -0.3 is 9.64 Å². The first kappa shape index (κ1) is 20.4. The number of hydrogen-bond donors (Lipinski definition) is 0. The van der Waals surface area contributed by atoms with Crippen LogP contribution in [-0.4, -0.2) is 48.4 Å². The van der Waals surface area contributed by atoms with Crippen LogP contribution < -0.4 is 4.90 Å². The lowest BCUT2D eigenvalue weighted by atomic mass is 10.0. The van der Waals surface area contributed by atoms with Gasteiger partial charge in [0.15, 0.2) is 0 Å². The van der Waals surface area contributed by atoms with Gasteiger partial charge in [0.05, 0.1) is 23.8 Å². The predicted octanol–water partition coefficient (Wildman–Crippen LogP) is 4.28. The van der Waals surface area contributed by atoms with Crippen LogP contribution in [0.2, 0.25) is 0 Å². The van der Waals surface area contributed by atoms with Crippen molar-refractivity contribution in [2.24, 2.45) is 0 Å². The van der Waals surface area contributed by atoms with Gasteiger partial charge in [0, 0.05) is 24.4 Å². The van der Waals surface area contributed by atoms with E-state index < -0.39 is 0 Å². The van der Waals surface area contributed by atoms with Crippen molar-refractivity contribution in [1.29, 1.82) is 0 Å². The average molecular weight is 428 g/mol. The molecule has 0 aliphatic carbocycles. The molecule has 1 unspecified atom stereocenters. The molecule has 0 radical (unpaired) electrons. The summed E-state index contributed by atoms with van der Waals surface area (Å²) in [6.07, 6.45) is 1.67. The van der Waals surface area contributed by atoms with Crippen LogP contribution in [0.5, 0.6) is 0 Å². The minimum Gasteiger partial charge on any atom is -0.376 e. The molecule has 0 aromatic heterocycles. The van der Waals surface area contributed by atoms with Crippen molar-refractivity contribution in [3.63, 3.8) is 0 Å². The number of ether oxygens (including phenoxy) is 1. The average Bonchev–Trinajstić information content (AvgIpc) is 3.42. The lowest BCUT2D eigenvalue weighted by Crippen LogP contribution is -2.36. The molecule has 1 saturated heterocycles. The Morgan fingerprint density at radius 3 is 2.53 bits per heavy atom. The Balaban J connectivity index is 1.42. The summed E-state index contributed by atoms with van der Waals surface area (Å²) in [6, 6.07) is 18.7. The highest BCUT2D eigenvalue weighted by Crippen LogP contribution is 2.28. The van der Waals surface area contributed by atoms with Crippen molar-refractivity contribution in [3.8, 4) is 0 Å². The van der Waals surface area contributed by atoms with Gasteiger partial charge in [-0.1, -0.05) is 30.3 Å². The molecule has 32 heavy (non-hydrogen) atoms. The molecule has 3 aromatic carbocycles. The number of fused-ring (bicyclic) bond motifs is 2. The molecule has 162 valence electrons. The molecule has 2 aliphatic rings. The Morgan fingerprint density at radius 2 is 1.78 bits per heavy atom. The summed E-state index contributed by atoms with van der Waals surface area (Å²) in [4.78, 5) is 42.0. The van der Waals surface area contributed by atoms with Gasteiger partial charge in [-0.3, -0.25) is 19.3 Å². The summed E-state index contributed by atoms with van der Waals surface area (Å²) in [5, 5.41) is 2.16. The Bertz CT molecular complexity index is 1230. The third kappa shape index (κ3) is 3.46. The molecule has 6 heteroatoms. The van der Waals surface area contributed by atoms with Crippen LogP contribution in [0.25, 0.3) is 10.8 Å². The maximum absolute atomic E-state index is 13.4. The van der Waals surface area contributed by atoms with E-state index in [0.717, 1.165) is 29.3 Å². The molecular formula is C26H24N2O4. The van der Waals surface area contributed by atoms with Crippen LogP contribution in [0, 0.1) is 0 Å². The number of hydrogen-bond acceptors (Lipinski definition) is 4. The monoisotopic (exact) mass is 428 g/mol. The molecular weight excluding hydrogens is 404 g/mol. The quantitative estimate of drug-likeness (QED) is 0.569. The van der Waals surface area contributed by atoms with Gasteiger partial charge in [-0.15, -0.1) is 0 Å².